The molecular formula is C13H11NO3. The smallest absolute Gasteiger partial charge is 0.336 e. The summed E-state index contributed by atoms with van der Waals surface area (Å²) < 4.78 is 5.08. The number of amides is 1. The summed E-state index contributed by atoms with van der Waals surface area (Å²) in [5.41, 5.74) is 6.74. The van der Waals surface area contributed by atoms with E-state index in [-0.39, 0.29) is 5.63 Å². The van der Waals surface area contributed by atoms with Gasteiger partial charge in [-0.1, -0.05) is 12.1 Å². The first-order chi connectivity index (χ1) is 8.06. The molecule has 0 bridgehead atoms. The molecule has 1 amide bonds. The van der Waals surface area contributed by atoms with E-state index in [1.807, 2.05) is 19.1 Å². The molecular weight excluding hydrogens is 218 g/mol. The fourth-order valence-corrected chi connectivity index (χ4v) is 1.62. The fraction of sp³-hybridized carbons (Fsp3) is 0.0769. The average molecular weight is 229 g/mol. The highest BCUT2D eigenvalue weighted by molar-refractivity contribution is 5.91. The third-order valence-electron chi connectivity index (χ3n) is 2.42. The van der Waals surface area contributed by atoms with Gasteiger partial charge >= 0.3 is 5.63 Å². The van der Waals surface area contributed by atoms with Crippen LogP contribution in [-0.4, -0.2) is 5.91 Å². The second kappa shape index (κ2) is 4.25. The van der Waals surface area contributed by atoms with Crippen LogP contribution in [0.15, 0.2) is 39.6 Å². The molecule has 4 heteroatoms. The van der Waals surface area contributed by atoms with Gasteiger partial charge in [0.15, 0.2) is 0 Å². The molecule has 0 spiro atoms. The Balaban J connectivity index is 2.58. The lowest BCUT2D eigenvalue weighted by atomic mass is 10.1. The predicted molar refractivity (Wildman–Crippen MR) is 65.4 cm³/mol. The molecule has 2 N–H and O–H groups in total. The highest BCUT2D eigenvalue weighted by Crippen LogP contribution is 2.18. The van der Waals surface area contributed by atoms with E-state index in [9.17, 15) is 9.59 Å². The SMILES string of the molecule is Cc1cc(=O)oc2cc(/C=C\C(N)=O)ccc12. The molecule has 0 aliphatic rings. The lowest BCUT2D eigenvalue weighted by molar-refractivity contribution is -0.113. The number of hydrogen-bond acceptors (Lipinski definition) is 3. The maximum absolute atomic E-state index is 11.2. The van der Waals surface area contributed by atoms with Crippen molar-refractivity contribution in [2.24, 2.45) is 5.73 Å². The summed E-state index contributed by atoms with van der Waals surface area (Å²) >= 11 is 0. The molecule has 0 unspecified atom stereocenters. The van der Waals surface area contributed by atoms with Crippen LogP contribution in [0.3, 0.4) is 0 Å². The molecule has 0 aliphatic carbocycles. The monoisotopic (exact) mass is 229 g/mol. The number of nitrogens with two attached hydrogens (primary N) is 1. The second-order valence-corrected chi connectivity index (χ2v) is 3.74. The maximum atomic E-state index is 11.2. The molecule has 0 saturated heterocycles. The van der Waals surface area contributed by atoms with E-state index in [4.69, 9.17) is 10.2 Å². The first-order valence-electron chi connectivity index (χ1n) is 5.08. The van der Waals surface area contributed by atoms with Crippen molar-refractivity contribution in [2.75, 3.05) is 0 Å². The molecule has 1 aromatic heterocycles. The van der Waals surface area contributed by atoms with E-state index in [1.54, 1.807) is 12.1 Å². The summed E-state index contributed by atoms with van der Waals surface area (Å²) in [5.74, 6) is -0.518. The van der Waals surface area contributed by atoms with Gasteiger partial charge in [-0.05, 0) is 30.2 Å². The van der Waals surface area contributed by atoms with Gasteiger partial charge in [0.05, 0.1) is 0 Å². The van der Waals surface area contributed by atoms with E-state index in [0.29, 0.717) is 5.58 Å². The standard InChI is InChI=1S/C13H11NO3/c1-8-6-13(16)17-11-7-9(2-4-10(8)11)3-5-12(14)15/h2-7H,1H3,(H2,14,15)/b5-3-. The number of carbonyl (C=O) groups excluding carboxylic acids is 1. The lowest BCUT2D eigenvalue weighted by Gasteiger charge is -2.01. The molecule has 17 heavy (non-hydrogen) atoms. The maximum Gasteiger partial charge on any atom is 0.336 e. The first-order valence-corrected chi connectivity index (χ1v) is 5.08. The first kappa shape index (κ1) is 11.1. The summed E-state index contributed by atoms with van der Waals surface area (Å²) in [4.78, 5) is 21.8. The minimum atomic E-state index is -0.518. The van der Waals surface area contributed by atoms with E-state index in [2.05, 4.69) is 0 Å². The van der Waals surface area contributed by atoms with Crippen molar-refractivity contribution in [2.45, 2.75) is 6.92 Å². The van der Waals surface area contributed by atoms with E-state index in [0.717, 1.165) is 16.5 Å². The van der Waals surface area contributed by atoms with E-state index in [1.165, 1.54) is 12.1 Å². The van der Waals surface area contributed by atoms with E-state index >= 15 is 0 Å². The number of carbonyl (C=O) groups is 1. The van der Waals surface area contributed by atoms with Crippen molar-refractivity contribution in [3.05, 3.63) is 51.9 Å². The molecule has 4 nitrogen and oxygen atoms in total. The van der Waals surface area contributed by atoms with Gasteiger partial charge in [0, 0.05) is 17.5 Å². The predicted octanol–water partition coefficient (Wildman–Crippen LogP) is 1.60. The van der Waals surface area contributed by atoms with Crippen molar-refractivity contribution >= 4 is 23.0 Å². The van der Waals surface area contributed by atoms with Crippen LogP contribution in [0.2, 0.25) is 0 Å². The summed E-state index contributed by atoms with van der Waals surface area (Å²) in [5, 5.41) is 0.876. The minimum absolute atomic E-state index is 0.383. The second-order valence-electron chi connectivity index (χ2n) is 3.74. The Hall–Kier alpha value is -2.36. The third kappa shape index (κ3) is 2.42. The normalized spacial score (nSPS) is 11.1. The average Bonchev–Trinajstić information content (AvgIpc) is 2.25. The number of hydrogen-bond donors (Lipinski definition) is 1. The number of rotatable bonds is 2. The van der Waals surface area contributed by atoms with Crippen LogP contribution in [0, 0.1) is 6.92 Å². The molecule has 86 valence electrons. The summed E-state index contributed by atoms with van der Waals surface area (Å²) in [7, 11) is 0. The van der Waals surface area contributed by atoms with Gasteiger partial charge in [0.2, 0.25) is 5.91 Å². The number of aryl methyl sites for hydroxylation is 1. The summed E-state index contributed by atoms with van der Waals surface area (Å²) in [6, 6.07) is 6.81. The molecule has 2 rings (SSSR count). The molecule has 1 aromatic carbocycles. The number of fused-ring (bicyclic) bond motifs is 1. The molecule has 0 radical (unpaired) electrons. The van der Waals surface area contributed by atoms with Crippen molar-refractivity contribution in [3.63, 3.8) is 0 Å². The number of benzene rings is 1. The summed E-state index contributed by atoms with van der Waals surface area (Å²) in [6.45, 7) is 1.85. The largest absolute Gasteiger partial charge is 0.423 e. The highest BCUT2D eigenvalue weighted by Gasteiger charge is 2.02. The van der Waals surface area contributed by atoms with Crippen LogP contribution >= 0.6 is 0 Å². The Morgan fingerprint density at radius 1 is 1.35 bits per heavy atom. The zero-order chi connectivity index (χ0) is 12.4. The Morgan fingerprint density at radius 3 is 2.82 bits per heavy atom. The Labute approximate surface area is 97.4 Å². The van der Waals surface area contributed by atoms with Gasteiger partial charge in [0.1, 0.15) is 5.58 Å². The lowest BCUT2D eigenvalue weighted by Crippen LogP contribution is -2.05. The van der Waals surface area contributed by atoms with Gasteiger partial charge in [-0.2, -0.15) is 0 Å². The Bertz CT molecular complexity index is 668. The van der Waals surface area contributed by atoms with Crippen LogP contribution in [0.5, 0.6) is 0 Å². The van der Waals surface area contributed by atoms with E-state index < -0.39 is 5.91 Å². The van der Waals surface area contributed by atoms with Crippen LogP contribution in [0.1, 0.15) is 11.1 Å². The van der Waals surface area contributed by atoms with Crippen LogP contribution in [0.4, 0.5) is 0 Å². The zero-order valence-corrected chi connectivity index (χ0v) is 9.27. The molecule has 2 aromatic rings. The summed E-state index contributed by atoms with van der Waals surface area (Å²) in [6.07, 6.45) is 2.83. The van der Waals surface area contributed by atoms with Crippen molar-refractivity contribution < 1.29 is 9.21 Å². The third-order valence-corrected chi connectivity index (χ3v) is 2.42. The molecule has 0 aliphatic heterocycles. The van der Waals surface area contributed by atoms with Crippen LogP contribution < -0.4 is 11.4 Å². The number of primary amides is 1. The van der Waals surface area contributed by atoms with Gasteiger partial charge in [-0.3, -0.25) is 4.79 Å². The quantitative estimate of drug-likeness (QED) is 0.627. The minimum Gasteiger partial charge on any atom is -0.423 e. The molecule has 1 heterocycles. The molecule has 0 atom stereocenters. The molecule has 0 fully saturated rings. The van der Waals surface area contributed by atoms with Crippen molar-refractivity contribution in [1.82, 2.24) is 0 Å². The Kier molecular flexibility index (Phi) is 2.78. The molecule has 0 saturated carbocycles. The highest BCUT2D eigenvalue weighted by atomic mass is 16.4. The van der Waals surface area contributed by atoms with Gasteiger partial charge in [-0.15, -0.1) is 0 Å². The van der Waals surface area contributed by atoms with Gasteiger partial charge < -0.3 is 10.2 Å². The zero-order valence-electron chi connectivity index (χ0n) is 9.27. The van der Waals surface area contributed by atoms with Crippen LogP contribution in [-0.2, 0) is 4.79 Å². The van der Waals surface area contributed by atoms with Gasteiger partial charge in [0.25, 0.3) is 0 Å². The van der Waals surface area contributed by atoms with Crippen molar-refractivity contribution in [3.8, 4) is 0 Å². The fourth-order valence-electron chi connectivity index (χ4n) is 1.62. The topological polar surface area (TPSA) is 73.3 Å². The Morgan fingerprint density at radius 2 is 2.12 bits per heavy atom. The van der Waals surface area contributed by atoms with Gasteiger partial charge in [-0.25, -0.2) is 4.79 Å². The van der Waals surface area contributed by atoms with Crippen molar-refractivity contribution in [1.29, 1.82) is 0 Å². The van der Waals surface area contributed by atoms with Crippen LogP contribution in [0.25, 0.3) is 17.0 Å².